The number of nitrogens with zero attached hydrogens (tertiary/aromatic N) is 1. The van der Waals surface area contributed by atoms with E-state index < -0.39 is 0 Å². The number of furan rings is 1. The number of amides is 2. The van der Waals surface area contributed by atoms with Crippen molar-refractivity contribution in [3.05, 3.63) is 65.2 Å². The van der Waals surface area contributed by atoms with Gasteiger partial charge in [0.2, 0.25) is 11.8 Å². The van der Waals surface area contributed by atoms with Crippen LogP contribution in [0.2, 0.25) is 0 Å². The maximum Gasteiger partial charge on any atom is 0.230 e. The molecule has 0 fully saturated rings. The SMILES string of the molecule is COc1ccc2c(CC(=O)Nc3nc(-c4ccc(C(C)NC(C)=O)cc4)cs3)coc2c1. The monoisotopic (exact) mass is 449 g/mol. The summed E-state index contributed by atoms with van der Waals surface area (Å²) in [5, 5.41) is 9.05. The number of nitrogens with one attached hydrogen (secondary N) is 2. The van der Waals surface area contributed by atoms with Gasteiger partial charge in [0.15, 0.2) is 5.13 Å². The average Bonchev–Trinajstić information content (AvgIpc) is 3.40. The van der Waals surface area contributed by atoms with Crippen molar-refractivity contribution in [3.8, 4) is 17.0 Å². The van der Waals surface area contributed by atoms with Gasteiger partial charge in [-0.2, -0.15) is 0 Å². The van der Waals surface area contributed by atoms with Crippen LogP contribution in [0.5, 0.6) is 5.75 Å². The zero-order valence-corrected chi connectivity index (χ0v) is 18.8. The van der Waals surface area contributed by atoms with Crippen LogP contribution in [0.25, 0.3) is 22.2 Å². The molecule has 1 unspecified atom stereocenters. The molecule has 4 rings (SSSR count). The molecular formula is C24H23N3O4S. The Bertz CT molecular complexity index is 1260. The summed E-state index contributed by atoms with van der Waals surface area (Å²) in [6.45, 7) is 3.44. The van der Waals surface area contributed by atoms with Gasteiger partial charge in [-0.05, 0) is 24.6 Å². The van der Waals surface area contributed by atoms with Gasteiger partial charge in [-0.25, -0.2) is 4.98 Å². The Morgan fingerprint density at radius 3 is 2.69 bits per heavy atom. The maximum absolute atomic E-state index is 12.6. The minimum Gasteiger partial charge on any atom is -0.497 e. The van der Waals surface area contributed by atoms with Crippen LogP contribution >= 0.6 is 11.3 Å². The molecule has 8 heteroatoms. The van der Waals surface area contributed by atoms with Gasteiger partial charge in [0.05, 0.1) is 31.5 Å². The summed E-state index contributed by atoms with van der Waals surface area (Å²) in [6.07, 6.45) is 1.78. The first kappa shape index (κ1) is 21.6. The molecule has 4 aromatic rings. The Morgan fingerprint density at radius 2 is 1.97 bits per heavy atom. The van der Waals surface area contributed by atoms with Crippen LogP contribution in [0.4, 0.5) is 5.13 Å². The molecule has 0 bridgehead atoms. The maximum atomic E-state index is 12.6. The van der Waals surface area contributed by atoms with Crippen LogP contribution < -0.4 is 15.4 Å². The van der Waals surface area contributed by atoms with Crippen LogP contribution in [0.1, 0.15) is 31.0 Å². The summed E-state index contributed by atoms with van der Waals surface area (Å²) in [4.78, 5) is 28.3. The highest BCUT2D eigenvalue weighted by Crippen LogP contribution is 2.28. The number of fused-ring (bicyclic) bond motifs is 1. The van der Waals surface area contributed by atoms with Crippen molar-refractivity contribution in [2.24, 2.45) is 0 Å². The van der Waals surface area contributed by atoms with E-state index >= 15 is 0 Å². The van der Waals surface area contributed by atoms with Crippen molar-refractivity contribution in [2.45, 2.75) is 26.3 Å². The number of carbonyl (C=O) groups is 2. The molecular weight excluding hydrogens is 426 g/mol. The zero-order valence-electron chi connectivity index (χ0n) is 18.0. The summed E-state index contributed by atoms with van der Waals surface area (Å²) >= 11 is 1.37. The summed E-state index contributed by atoms with van der Waals surface area (Å²) in [5.41, 5.74) is 4.22. The van der Waals surface area contributed by atoms with Gasteiger partial charge in [-0.15, -0.1) is 11.3 Å². The fourth-order valence-electron chi connectivity index (χ4n) is 3.46. The molecule has 0 aliphatic heterocycles. The fraction of sp³-hybridized carbons (Fsp3) is 0.208. The molecule has 2 N–H and O–H groups in total. The number of hydrogen-bond donors (Lipinski definition) is 2. The minimum absolute atomic E-state index is 0.0630. The molecule has 164 valence electrons. The third-order valence-electron chi connectivity index (χ3n) is 5.09. The first-order chi connectivity index (χ1) is 15.4. The number of anilines is 1. The normalized spacial score (nSPS) is 11.8. The number of aromatic nitrogens is 1. The van der Waals surface area contributed by atoms with Crippen LogP contribution in [0, 0.1) is 0 Å². The zero-order chi connectivity index (χ0) is 22.7. The number of methoxy groups -OCH3 is 1. The lowest BCUT2D eigenvalue weighted by molar-refractivity contribution is -0.119. The van der Waals surface area contributed by atoms with E-state index in [2.05, 4.69) is 15.6 Å². The van der Waals surface area contributed by atoms with E-state index in [4.69, 9.17) is 9.15 Å². The minimum atomic E-state index is -0.163. The van der Waals surface area contributed by atoms with Crippen molar-refractivity contribution in [3.63, 3.8) is 0 Å². The summed E-state index contributed by atoms with van der Waals surface area (Å²) in [6, 6.07) is 13.3. The van der Waals surface area contributed by atoms with Crippen molar-refractivity contribution >= 4 is 39.3 Å². The van der Waals surface area contributed by atoms with E-state index in [1.807, 2.05) is 48.7 Å². The molecule has 7 nitrogen and oxygen atoms in total. The van der Waals surface area contributed by atoms with Gasteiger partial charge in [-0.3, -0.25) is 9.59 Å². The third kappa shape index (κ3) is 4.81. The first-order valence-electron chi connectivity index (χ1n) is 10.1. The number of benzene rings is 2. The number of hydrogen-bond acceptors (Lipinski definition) is 6. The summed E-state index contributed by atoms with van der Waals surface area (Å²) in [5.74, 6) is 0.476. The molecule has 0 saturated heterocycles. The van der Waals surface area contributed by atoms with Gasteiger partial charge in [-0.1, -0.05) is 24.3 Å². The molecule has 2 heterocycles. The molecule has 0 aliphatic carbocycles. The summed E-state index contributed by atoms with van der Waals surface area (Å²) < 4.78 is 10.8. The molecule has 2 amide bonds. The second-order valence-corrected chi connectivity index (χ2v) is 8.29. The van der Waals surface area contributed by atoms with Gasteiger partial charge < -0.3 is 19.8 Å². The van der Waals surface area contributed by atoms with Crippen LogP contribution in [-0.4, -0.2) is 23.9 Å². The van der Waals surface area contributed by atoms with Gasteiger partial charge >= 0.3 is 0 Å². The highest BCUT2D eigenvalue weighted by molar-refractivity contribution is 7.14. The predicted molar refractivity (Wildman–Crippen MR) is 125 cm³/mol. The van der Waals surface area contributed by atoms with Crippen LogP contribution in [0.15, 0.2) is 58.5 Å². The largest absolute Gasteiger partial charge is 0.497 e. The molecule has 32 heavy (non-hydrogen) atoms. The van der Waals surface area contributed by atoms with E-state index in [1.165, 1.54) is 18.3 Å². The molecule has 2 aromatic heterocycles. The lowest BCUT2D eigenvalue weighted by Gasteiger charge is -2.13. The van der Waals surface area contributed by atoms with Gasteiger partial charge in [0.25, 0.3) is 0 Å². The quantitative estimate of drug-likeness (QED) is 0.417. The van der Waals surface area contributed by atoms with Crippen LogP contribution in [0.3, 0.4) is 0 Å². The number of ether oxygens (including phenoxy) is 1. The number of carbonyl (C=O) groups excluding carboxylic acids is 2. The molecule has 2 aromatic carbocycles. The van der Waals surface area contributed by atoms with E-state index in [1.54, 1.807) is 19.4 Å². The van der Waals surface area contributed by atoms with Crippen LogP contribution in [-0.2, 0) is 16.0 Å². The Hall–Kier alpha value is -3.65. The Labute approximate surface area is 189 Å². The topological polar surface area (TPSA) is 93.5 Å². The first-order valence-corrected chi connectivity index (χ1v) is 11.0. The highest BCUT2D eigenvalue weighted by Gasteiger charge is 2.14. The molecule has 0 radical (unpaired) electrons. The van der Waals surface area contributed by atoms with Crippen molar-refractivity contribution in [2.75, 3.05) is 12.4 Å². The van der Waals surface area contributed by atoms with Crippen molar-refractivity contribution in [1.29, 1.82) is 0 Å². The summed E-state index contributed by atoms with van der Waals surface area (Å²) in [7, 11) is 1.60. The van der Waals surface area contributed by atoms with E-state index in [0.29, 0.717) is 16.5 Å². The molecule has 0 saturated carbocycles. The van der Waals surface area contributed by atoms with E-state index in [0.717, 1.165) is 27.8 Å². The van der Waals surface area contributed by atoms with Gasteiger partial charge in [0.1, 0.15) is 11.3 Å². The Morgan fingerprint density at radius 1 is 1.19 bits per heavy atom. The van der Waals surface area contributed by atoms with Crippen molar-refractivity contribution in [1.82, 2.24) is 10.3 Å². The predicted octanol–water partition coefficient (Wildman–Crippen LogP) is 4.94. The molecule has 0 aliphatic rings. The smallest absolute Gasteiger partial charge is 0.230 e. The fourth-order valence-corrected chi connectivity index (χ4v) is 4.19. The third-order valence-corrected chi connectivity index (χ3v) is 5.85. The molecule has 1 atom stereocenters. The lowest BCUT2D eigenvalue weighted by atomic mass is 10.1. The second kappa shape index (κ2) is 9.23. The van der Waals surface area contributed by atoms with E-state index in [9.17, 15) is 9.59 Å². The average molecular weight is 450 g/mol. The number of rotatable bonds is 7. The van der Waals surface area contributed by atoms with Crippen molar-refractivity contribution < 1.29 is 18.7 Å². The highest BCUT2D eigenvalue weighted by atomic mass is 32.1. The second-order valence-electron chi connectivity index (χ2n) is 7.43. The van der Waals surface area contributed by atoms with Gasteiger partial charge in [0, 0.05) is 34.9 Å². The van der Waals surface area contributed by atoms with E-state index in [-0.39, 0.29) is 24.3 Å². The molecule has 0 spiro atoms. The number of thiazole rings is 1. The standard InChI is InChI=1S/C24H23N3O4S/c1-14(25-15(2)28)16-4-6-17(7-5-16)21-13-32-24(26-21)27-23(29)10-18-12-31-22-11-19(30-3)8-9-20(18)22/h4-9,11-14H,10H2,1-3H3,(H,25,28)(H,26,27,29). The Kier molecular flexibility index (Phi) is 6.23. The lowest BCUT2D eigenvalue weighted by Crippen LogP contribution is -2.23. The Balaban J connectivity index is 1.41.